The minimum atomic E-state index is 0.129. The second-order valence-electron chi connectivity index (χ2n) is 5.70. The van der Waals surface area contributed by atoms with E-state index in [0.717, 1.165) is 47.0 Å². The molecule has 0 saturated heterocycles. The van der Waals surface area contributed by atoms with Crippen LogP contribution in [-0.2, 0) is 0 Å². The Labute approximate surface area is 135 Å². The predicted octanol–water partition coefficient (Wildman–Crippen LogP) is 4.48. The SMILES string of the molecule is C1=NC(c2[nH]ncc2-c2ccnc3ccccc23)CC/C=C\C1. The number of aromatic nitrogens is 3. The second kappa shape index (κ2) is 6.16. The van der Waals surface area contributed by atoms with Crippen molar-refractivity contribution in [1.82, 2.24) is 15.2 Å². The highest BCUT2D eigenvalue weighted by molar-refractivity contribution is 5.94. The van der Waals surface area contributed by atoms with Crippen LogP contribution in [0.4, 0.5) is 0 Å². The highest BCUT2D eigenvalue weighted by atomic mass is 15.1. The molecule has 0 spiro atoms. The highest BCUT2D eigenvalue weighted by Crippen LogP contribution is 2.34. The van der Waals surface area contributed by atoms with Crippen molar-refractivity contribution in [3.05, 3.63) is 60.6 Å². The largest absolute Gasteiger partial charge is 0.287 e. The van der Waals surface area contributed by atoms with Gasteiger partial charge >= 0.3 is 0 Å². The molecule has 0 saturated carbocycles. The van der Waals surface area contributed by atoms with Crippen LogP contribution in [0.25, 0.3) is 22.0 Å². The third-order valence-corrected chi connectivity index (χ3v) is 4.24. The Hall–Kier alpha value is -2.75. The number of hydrogen-bond donors (Lipinski definition) is 1. The van der Waals surface area contributed by atoms with Crippen molar-refractivity contribution in [2.24, 2.45) is 4.99 Å². The smallest absolute Gasteiger partial charge is 0.0919 e. The summed E-state index contributed by atoms with van der Waals surface area (Å²) in [7, 11) is 0. The Morgan fingerprint density at radius 3 is 3.00 bits per heavy atom. The summed E-state index contributed by atoms with van der Waals surface area (Å²) in [4.78, 5) is 9.18. The van der Waals surface area contributed by atoms with E-state index in [1.165, 1.54) is 0 Å². The van der Waals surface area contributed by atoms with Crippen molar-refractivity contribution in [3.8, 4) is 11.1 Å². The number of fused-ring (bicyclic) bond motifs is 1. The van der Waals surface area contributed by atoms with Gasteiger partial charge in [0.15, 0.2) is 0 Å². The van der Waals surface area contributed by atoms with Gasteiger partial charge in [0.2, 0.25) is 0 Å². The van der Waals surface area contributed by atoms with Crippen molar-refractivity contribution in [2.75, 3.05) is 0 Å². The fourth-order valence-electron chi connectivity index (χ4n) is 3.11. The van der Waals surface area contributed by atoms with E-state index < -0.39 is 0 Å². The minimum Gasteiger partial charge on any atom is -0.287 e. The molecule has 1 N–H and O–H groups in total. The molecule has 1 atom stereocenters. The molecule has 1 aliphatic heterocycles. The van der Waals surface area contributed by atoms with Crippen LogP contribution in [0.3, 0.4) is 0 Å². The minimum absolute atomic E-state index is 0.129. The standard InChI is InChI=1S/C19H18N4/c1-2-6-11-20-18(9-3-1)19-16(13-22-23-19)14-10-12-21-17-8-5-4-7-15(14)17/h1-2,4-5,7-8,10-13,18H,3,6,9H2,(H,22,23)/b2-1-,20-11?. The van der Waals surface area contributed by atoms with Crippen molar-refractivity contribution in [3.63, 3.8) is 0 Å². The van der Waals surface area contributed by atoms with Crippen LogP contribution < -0.4 is 0 Å². The van der Waals surface area contributed by atoms with Gasteiger partial charge in [-0.2, -0.15) is 5.10 Å². The molecule has 4 rings (SSSR count). The number of aliphatic imine (C=N–C) groups is 1. The number of pyridine rings is 1. The maximum atomic E-state index is 4.73. The van der Waals surface area contributed by atoms with E-state index in [9.17, 15) is 0 Å². The summed E-state index contributed by atoms with van der Waals surface area (Å²) >= 11 is 0. The first-order chi connectivity index (χ1) is 11.4. The molecule has 23 heavy (non-hydrogen) atoms. The molecule has 4 heteroatoms. The first kappa shape index (κ1) is 13.9. The van der Waals surface area contributed by atoms with Gasteiger partial charge in [0, 0.05) is 29.8 Å². The van der Waals surface area contributed by atoms with Crippen LogP contribution in [0.5, 0.6) is 0 Å². The monoisotopic (exact) mass is 302 g/mol. The first-order valence-electron chi connectivity index (χ1n) is 7.97. The summed E-state index contributed by atoms with van der Waals surface area (Å²) in [5.41, 5.74) is 4.37. The summed E-state index contributed by atoms with van der Waals surface area (Å²) in [5, 5.41) is 8.62. The van der Waals surface area contributed by atoms with Crippen LogP contribution >= 0.6 is 0 Å². The summed E-state index contributed by atoms with van der Waals surface area (Å²) in [6.07, 6.45) is 13.1. The lowest BCUT2D eigenvalue weighted by molar-refractivity contribution is 0.641. The van der Waals surface area contributed by atoms with E-state index in [-0.39, 0.29) is 6.04 Å². The molecule has 4 nitrogen and oxygen atoms in total. The van der Waals surface area contributed by atoms with E-state index >= 15 is 0 Å². The van der Waals surface area contributed by atoms with E-state index in [1.54, 1.807) is 0 Å². The molecule has 0 fully saturated rings. The number of rotatable bonds is 2. The molecule has 3 heterocycles. The zero-order chi connectivity index (χ0) is 15.5. The van der Waals surface area contributed by atoms with E-state index in [1.807, 2.05) is 36.8 Å². The van der Waals surface area contributed by atoms with E-state index in [0.29, 0.717) is 0 Å². The summed E-state index contributed by atoms with van der Waals surface area (Å²) in [5.74, 6) is 0. The fraction of sp³-hybridized carbons (Fsp3) is 0.211. The first-order valence-corrected chi connectivity index (χ1v) is 7.97. The van der Waals surface area contributed by atoms with Gasteiger partial charge in [0.1, 0.15) is 0 Å². The highest BCUT2D eigenvalue weighted by Gasteiger charge is 2.18. The van der Waals surface area contributed by atoms with Crippen LogP contribution in [-0.4, -0.2) is 21.4 Å². The number of benzene rings is 1. The molecule has 1 aliphatic rings. The summed E-state index contributed by atoms with van der Waals surface area (Å²) in [6, 6.07) is 10.4. The lowest BCUT2D eigenvalue weighted by Crippen LogP contribution is -2.00. The number of H-pyrrole nitrogens is 1. The van der Waals surface area contributed by atoms with Gasteiger partial charge in [-0.15, -0.1) is 0 Å². The number of para-hydroxylation sites is 1. The molecule has 0 aliphatic carbocycles. The summed E-state index contributed by atoms with van der Waals surface area (Å²) in [6.45, 7) is 0. The number of nitrogens with zero attached hydrogens (tertiary/aromatic N) is 3. The van der Waals surface area contributed by atoms with Gasteiger partial charge in [-0.05, 0) is 30.5 Å². The number of hydrogen-bond acceptors (Lipinski definition) is 3. The number of allylic oxidation sites excluding steroid dienone is 2. The zero-order valence-electron chi connectivity index (χ0n) is 12.8. The van der Waals surface area contributed by atoms with E-state index in [2.05, 4.69) is 39.5 Å². The third-order valence-electron chi connectivity index (χ3n) is 4.24. The van der Waals surface area contributed by atoms with Crippen LogP contribution in [0.15, 0.2) is 59.9 Å². The van der Waals surface area contributed by atoms with Crippen molar-refractivity contribution in [2.45, 2.75) is 25.3 Å². The average molecular weight is 302 g/mol. The molecule has 0 radical (unpaired) electrons. The van der Waals surface area contributed by atoms with Gasteiger partial charge in [-0.1, -0.05) is 30.4 Å². The molecular weight excluding hydrogens is 284 g/mol. The maximum absolute atomic E-state index is 4.73. The van der Waals surface area contributed by atoms with Crippen molar-refractivity contribution in [1.29, 1.82) is 0 Å². The number of nitrogens with one attached hydrogen (secondary N) is 1. The molecule has 1 unspecified atom stereocenters. The van der Waals surface area contributed by atoms with Crippen molar-refractivity contribution >= 4 is 17.1 Å². The Bertz CT molecular complexity index is 870. The predicted molar refractivity (Wildman–Crippen MR) is 93.5 cm³/mol. The van der Waals surface area contributed by atoms with E-state index in [4.69, 9.17) is 4.99 Å². The molecular formula is C19H18N4. The molecule has 114 valence electrons. The molecule has 1 aromatic carbocycles. The van der Waals surface area contributed by atoms with Crippen LogP contribution in [0, 0.1) is 0 Å². The average Bonchev–Trinajstić information content (AvgIpc) is 3.03. The molecule has 0 bridgehead atoms. The fourth-order valence-corrected chi connectivity index (χ4v) is 3.11. The van der Waals surface area contributed by atoms with Gasteiger partial charge in [-0.3, -0.25) is 15.1 Å². The topological polar surface area (TPSA) is 53.9 Å². The summed E-state index contributed by atoms with van der Waals surface area (Å²) < 4.78 is 0. The molecule has 0 amide bonds. The Morgan fingerprint density at radius 2 is 2.00 bits per heavy atom. The third kappa shape index (κ3) is 2.68. The lowest BCUT2D eigenvalue weighted by Gasteiger charge is -2.14. The maximum Gasteiger partial charge on any atom is 0.0919 e. The lowest BCUT2D eigenvalue weighted by atomic mass is 9.97. The number of aromatic amines is 1. The van der Waals surface area contributed by atoms with Gasteiger partial charge < -0.3 is 0 Å². The Morgan fingerprint density at radius 1 is 1.04 bits per heavy atom. The Kier molecular flexibility index (Phi) is 3.72. The van der Waals surface area contributed by atoms with Gasteiger partial charge in [0.25, 0.3) is 0 Å². The normalized spacial score (nSPS) is 19.4. The Balaban J connectivity index is 1.81. The van der Waals surface area contributed by atoms with Crippen molar-refractivity contribution < 1.29 is 0 Å². The van der Waals surface area contributed by atoms with Gasteiger partial charge in [-0.25, -0.2) is 0 Å². The molecule has 2 aromatic heterocycles. The zero-order valence-corrected chi connectivity index (χ0v) is 12.8. The quantitative estimate of drug-likeness (QED) is 0.710. The van der Waals surface area contributed by atoms with Gasteiger partial charge in [0.05, 0.1) is 23.4 Å². The second-order valence-corrected chi connectivity index (χ2v) is 5.70. The van der Waals surface area contributed by atoms with Crippen LogP contribution in [0.2, 0.25) is 0 Å². The van der Waals surface area contributed by atoms with Crippen LogP contribution in [0.1, 0.15) is 31.0 Å². The molecule has 3 aromatic rings.